The molecule has 1 amide bonds. The van der Waals surface area contributed by atoms with Crippen LogP contribution < -0.4 is 10.2 Å². The van der Waals surface area contributed by atoms with Crippen LogP contribution in [0.25, 0.3) is 0 Å². The third-order valence-electron chi connectivity index (χ3n) is 6.20. The molecule has 0 radical (unpaired) electrons. The minimum atomic E-state index is -0.410. The van der Waals surface area contributed by atoms with Gasteiger partial charge in [0.2, 0.25) is 0 Å². The molecule has 0 spiro atoms. The number of hydroxylamine groups is 1. The van der Waals surface area contributed by atoms with Crippen LogP contribution in [0.4, 0.5) is 0 Å². The summed E-state index contributed by atoms with van der Waals surface area (Å²) in [5.74, 6) is 0.641. The highest BCUT2D eigenvalue weighted by molar-refractivity contribution is 5.98. The van der Waals surface area contributed by atoms with Gasteiger partial charge in [0.05, 0.1) is 12.7 Å². The van der Waals surface area contributed by atoms with Crippen molar-refractivity contribution in [2.45, 2.75) is 77.7 Å². The molecule has 0 bridgehead atoms. The number of rotatable bonds is 6. The van der Waals surface area contributed by atoms with Crippen LogP contribution >= 0.6 is 0 Å². The monoisotopic (exact) mass is 387 g/mol. The van der Waals surface area contributed by atoms with Gasteiger partial charge in [-0.2, -0.15) is 0 Å². The number of benzene rings is 1. The minimum Gasteiger partial charge on any atom is -0.507 e. The van der Waals surface area contributed by atoms with Crippen molar-refractivity contribution in [1.82, 2.24) is 5.48 Å². The average molecular weight is 388 g/mol. The standard InChI is InChI=1S/C23H33NO4/c1-6-7-8-9-15-13-18-20(21(25)19(15)22(26)24-27-5)16-12-14(2)10-11-17(16)23(3,4)28-18/h12-13,16-17,25H,6-11H2,1-5H3,(H,24,26). The molecule has 2 atom stereocenters. The molecule has 1 aliphatic heterocycles. The zero-order valence-corrected chi connectivity index (χ0v) is 17.7. The maximum Gasteiger partial charge on any atom is 0.278 e. The quantitative estimate of drug-likeness (QED) is 0.408. The van der Waals surface area contributed by atoms with Crippen molar-refractivity contribution in [2.24, 2.45) is 5.92 Å². The fourth-order valence-corrected chi connectivity index (χ4v) is 4.77. The zero-order chi connectivity index (χ0) is 20.5. The van der Waals surface area contributed by atoms with Gasteiger partial charge in [0.25, 0.3) is 5.91 Å². The van der Waals surface area contributed by atoms with Crippen molar-refractivity contribution in [3.63, 3.8) is 0 Å². The Morgan fingerprint density at radius 2 is 2.14 bits per heavy atom. The first-order valence-electron chi connectivity index (χ1n) is 10.4. The van der Waals surface area contributed by atoms with Gasteiger partial charge in [0, 0.05) is 17.4 Å². The molecule has 3 rings (SSSR count). The number of amides is 1. The zero-order valence-electron chi connectivity index (χ0n) is 17.7. The Hall–Kier alpha value is -2.01. The average Bonchev–Trinajstić information content (AvgIpc) is 2.61. The maximum atomic E-state index is 12.7. The summed E-state index contributed by atoms with van der Waals surface area (Å²) in [6.45, 7) is 8.53. The summed E-state index contributed by atoms with van der Waals surface area (Å²) < 4.78 is 6.39. The molecule has 2 unspecified atom stereocenters. The number of fused-ring (bicyclic) bond motifs is 3. The Labute approximate surface area is 168 Å². The molecular formula is C23H33NO4. The number of ether oxygens (including phenoxy) is 1. The molecule has 0 saturated heterocycles. The van der Waals surface area contributed by atoms with Crippen LogP contribution in [-0.2, 0) is 11.3 Å². The van der Waals surface area contributed by atoms with Gasteiger partial charge in [-0.15, -0.1) is 0 Å². The van der Waals surface area contributed by atoms with Crippen LogP contribution in [0.2, 0.25) is 0 Å². The summed E-state index contributed by atoms with van der Waals surface area (Å²) in [6.07, 6.45) is 8.12. The number of carbonyl (C=O) groups is 1. The van der Waals surface area contributed by atoms with E-state index in [0.29, 0.717) is 17.7 Å². The number of carbonyl (C=O) groups excluding carboxylic acids is 1. The number of unbranched alkanes of at least 4 members (excludes halogenated alkanes) is 2. The molecule has 28 heavy (non-hydrogen) atoms. The Bertz CT molecular complexity index is 781. The van der Waals surface area contributed by atoms with Crippen molar-refractivity contribution in [3.8, 4) is 11.5 Å². The molecule has 0 saturated carbocycles. The number of phenolic OH excluding ortho intramolecular Hbond substituents is 1. The van der Waals surface area contributed by atoms with Crippen LogP contribution in [0, 0.1) is 5.92 Å². The van der Waals surface area contributed by atoms with Gasteiger partial charge in [-0.3, -0.25) is 9.63 Å². The first-order valence-corrected chi connectivity index (χ1v) is 10.4. The Kier molecular flexibility index (Phi) is 6.04. The summed E-state index contributed by atoms with van der Waals surface area (Å²) in [5.41, 5.74) is 5.24. The number of phenols is 1. The molecule has 1 aromatic rings. The number of hydrogen-bond acceptors (Lipinski definition) is 4. The fourth-order valence-electron chi connectivity index (χ4n) is 4.77. The van der Waals surface area contributed by atoms with Crippen LogP contribution in [-0.4, -0.2) is 23.7 Å². The highest BCUT2D eigenvalue weighted by Gasteiger charge is 2.46. The number of hydrogen-bond donors (Lipinski definition) is 2. The van der Waals surface area contributed by atoms with Crippen molar-refractivity contribution >= 4 is 5.91 Å². The summed E-state index contributed by atoms with van der Waals surface area (Å²) in [4.78, 5) is 17.5. The van der Waals surface area contributed by atoms with Crippen molar-refractivity contribution in [2.75, 3.05) is 7.11 Å². The van der Waals surface area contributed by atoms with Crippen molar-refractivity contribution in [1.29, 1.82) is 0 Å². The van der Waals surface area contributed by atoms with Gasteiger partial charge in [-0.25, -0.2) is 5.48 Å². The van der Waals surface area contributed by atoms with Gasteiger partial charge < -0.3 is 9.84 Å². The molecular weight excluding hydrogens is 354 g/mol. The summed E-state index contributed by atoms with van der Waals surface area (Å²) in [7, 11) is 1.40. The predicted molar refractivity (Wildman–Crippen MR) is 110 cm³/mol. The number of aromatic hydroxyl groups is 1. The second kappa shape index (κ2) is 8.16. The van der Waals surface area contributed by atoms with E-state index in [9.17, 15) is 9.90 Å². The molecule has 0 aromatic heterocycles. The smallest absolute Gasteiger partial charge is 0.278 e. The van der Waals surface area contributed by atoms with Gasteiger partial charge >= 0.3 is 0 Å². The lowest BCUT2D eigenvalue weighted by molar-refractivity contribution is 0.0106. The molecule has 154 valence electrons. The van der Waals surface area contributed by atoms with Gasteiger partial charge in [-0.05, 0) is 58.1 Å². The largest absolute Gasteiger partial charge is 0.507 e. The summed E-state index contributed by atoms with van der Waals surface area (Å²) >= 11 is 0. The van der Waals surface area contributed by atoms with E-state index in [4.69, 9.17) is 9.57 Å². The molecule has 1 aliphatic carbocycles. The summed E-state index contributed by atoms with van der Waals surface area (Å²) in [6, 6.07) is 1.96. The molecule has 1 aromatic carbocycles. The SMILES string of the molecule is CCCCCc1cc2c(c(O)c1C(=O)NOC)C1C=C(C)CCC1C(C)(C)O2. The number of aryl methyl sites for hydroxylation is 1. The van der Waals surface area contributed by atoms with E-state index in [0.717, 1.165) is 43.2 Å². The van der Waals surface area contributed by atoms with E-state index < -0.39 is 5.91 Å². The van der Waals surface area contributed by atoms with Crippen LogP contribution in [0.15, 0.2) is 17.7 Å². The van der Waals surface area contributed by atoms with Gasteiger partial charge in [-0.1, -0.05) is 31.4 Å². The molecule has 5 heteroatoms. The van der Waals surface area contributed by atoms with Crippen LogP contribution in [0.1, 0.15) is 87.2 Å². The Balaban J connectivity index is 2.15. The van der Waals surface area contributed by atoms with Gasteiger partial charge in [0.15, 0.2) is 0 Å². The molecule has 2 aliphatic rings. The topological polar surface area (TPSA) is 67.8 Å². The van der Waals surface area contributed by atoms with E-state index in [1.165, 1.54) is 12.7 Å². The molecule has 5 nitrogen and oxygen atoms in total. The maximum absolute atomic E-state index is 12.7. The lowest BCUT2D eigenvalue weighted by Crippen LogP contribution is -2.45. The molecule has 1 heterocycles. The third-order valence-corrected chi connectivity index (χ3v) is 6.20. The van der Waals surface area contributed by atoms with Crippen molar-refractivity contribution in [3.05, 3.63) is 34.4 Å². The summed E-state index contributed by atoms with van der Waals surface area (Å²) in [5, 5.41) is 11.2. The second-order valence-corrected chi connectivity index (χ2v) is 8.65. The van der Waals surface area contributed by atoms with Crippen LogP contribution in [0.3, 0.4) is 0 Å². The fraction of sp³-hybridized carbons (Fsp3) is 0.609. The Morgan fingerprint density at radius 1 is 1.39 bits per heavy atom. The molecule has 2 N–H and O–H groups in total. The van der Waals surface area contributed by atoms with E-state index in [2.05, 4.69) is 39.3 Å². The third kappa shape index (κ3) is 3.77. The lowest BCUT2D eigenvalue weighted by Gasteiger charge is -2.46. The van der Waals surface area contributed by atoms with E-state index in [1.54, 1.807) is 0 Å². The minimum absolute atomic E-state index is 0.0370. The number of allylic oxidation sites excluding steroid dienone is 2. The lowest BCUT2D eigenvalue weighted by atomic mass is 9.67. The van der Waals surface area contributed by atoms with E-state index in [1.807, 2.05) is 6.07 Å². The predicted octanol–water partition coefficient (Wildman–Crippen LogP) is 5.03. The Morgan fingerprint density at radius 3 is 2.82 bits per heavy atom. The van der Waals surface area contributed by atoms with Gasteiger partial charge in [0.1, 0.15) is 17.1 Å². The molecule has 0 fully saturated rings. The normalized spacial score (nSPS) is 22.5. The highest BCUT2D eigenvalue weighted by Crippen LogP contribution is 2.54. The highest BCUT2D eigenvalue weighted by atomic mass is 16.6. The van der Waals surface area contributed by atoms with Crippen molar-refractivity contribution < 1.29 is 19.5 Å². The second-order valence-electron chi connectivity index (χ2n) is 8.65. The van der Waals surface area contributed by atoms with E-state index in [-0.39, 0.29) is 23.2 Å². The first-order chi connectivity index (χ1) is 13.3. The van der Waals surface area contributed by atoms with Crippen LogP contribution in [0.5, 0.6) is 11.5 Å². The van der Waals surface area contributed by atoms with E-state index >= 15 is 0 Å². The number of nitrogens with one attached hydrogen (secondary N) is 1. The first kappa shape index (κ1) is 20.7.